The molecule has 23 heavy (non-hydrogen) atoms. The number of hydrogen-bond acceptors (Lipinski definition) is 4. The number of nitro benzene ring substituents is 1. The van der Waals surface area contributed by atoms with E-state index in [1.165, 1.54) is 28.6 Å². The van der Waals surface area contributed by atoms with Gasteiger partial charge in [0, 0.05) is 37.1 Å². The first kappa shape index (κ1) is 17.2. The van der Waals surface area contributed by atoms with Crippen LogP contribution in [0.1, 0.15) is 19.5 Å². The van der Waals surface area contributed by atoms with Crippen molar-refractivity contribution in [3.8, 4) is 0 Å². The van der Waals surface area contributed by atoms with Gasteiger partial charge in [-0.15, -0.1) is 0 Å². The van der Waals surface area contributed by atoms with Gasteiger partial charge in [-0.1, -0.05) is 0 Å². The Kier molecular flexibility index (Phi) is 4.86. The summed E-state index contributed by atoms with van der Waals surface area (Å²) >= 11 is 0. The summed E-state index contributed by atoms with van der Waals surface area (Å²) in [7, 11) is -1.88. The summed E-state index contributed by atoms with van der Waals surface area (Å²) in [5, 5.41) is 10.7. The van der Waals surface area contributed by atoms with Crippen LogP contribution in [0.4, 0.5) is 5.69 Å². The van der Waals surface area contributed by atoms with E-state index in [1.807, 2.05) is 29.9 Å². The van der Waals surface area contributed by atoms with Crippen molar-refractivity contribution in [3.63, 3.8) is 0 Å². The predicted molar refractivity (Wildman–Crippen MR) is 86.4 cm³/mol. The van der Waals surface area contributed by atoms with E-state index in [0.717, 1.165) is 5.69 Å². The first-order valence-electron chi connectivity index (χ1n) is 7.10. The molecule has 8 heteroatoms. The van der Waals surface area contributed by atoms with E-state index in [2.05, 4.69) is 0 Å². The summed E-state index contributed by atoms with van der Waals surface area (Å²) in [5.41, 5.74) is 0.728. The monoisotopic (exact) mass is 337 g/mol. The number of non-ortho nitro benzene ring substituents is 1. The van der Waals surface area contributed by atoms with Gasteiger partial charge in [0.25, 0.3) is 5.69 Å². The summed E-state index contributed by atoms with van der Waals surface area (Å²) in [4.78, 5) is 10.2. The summed E-state index contributed by atoms with van der Waals surface area (Å²) in [6.45, 7) is 3.83. The third-order valence-corrected chi connectivity index (χ3v) is 5.64. The molecule has 1 heterocycles. The molecule has 0 fully saturated rings. The molecular weight excluding hydrogens is 318 g/mol. The molecule has 1 aromatic carbocycles. The average Bonchev–Trinajstić information content (AvgIpc) is 2.89. The summed E-state index contributed by atoms with van der Waals surface area (Å²) in [5.74, 6) is 0. The van der Waals surface area contributed by atoms with Gasteiger partial charge in [-0.05, 0) is 38.1 Å². The number of nitrogens with zero attached hydrogens (tertiary/aromatic N) is 3. The Morgan fingerprint density at radius 1 is 1.22 bits per heavy atom. The van der Waals surface area contributed by atoms with Gasteiger partial charge >= 0.3 is 0 Å². The SMILES string of the molecule is CC(C)N(Cc1cccn1C)S(=O)(=O)c1ccc([N+](=O)[O-])cc1. The molecule has 0 unspecified atom stereocenters. The molecule has 0 aliphatic rings. The minimum absolute atomic E-state index is 0.0472. The quantitative estimate of drug-likeness (QED) is 0.599. The van der Waals surface area contributed by atoms with Crippen LogP contribution < -0.4 is 0 Å². The molecule has 0 atom stereocenters. The van der Waals surface area contributed by atoms with E-state index >= 15 is 0 Å². The lowest BCUT2D eigenvalue weighted by Gasteiger charge is -2.26. The third kappa shape index (κ3) is 3.59. The maximum Gasteiger partial charge on any atom is 0.269 e. The smallest absolute Gasteiger partial charge is 0.269 e. The first-order chi connectivity index (χ1) is 10.7. The zero-order valence-corrected chi connectivity index (χ0v) is 14.0. The molecule has 124 valence electrons. The number of nitro groups is 1. The lowest BCUT2D eigenvalue weighted by molar-refractivity contribution is -0.384. The van der Waals surface area contributed by atoms with Crippen molar-refractivity contribution in [3.05, 3.63) is 58.4 Å². The fraction of sp³-hybridized carbons (Fsp3) is 0.333. The fourth-order valence-corrected chi connectivity index (χ4v) is 3.85. The summed E-state index contributed by atoms with van der Waals surface area (Å²) in [6, 6.07) is 8.42. The van der Waals surface area contributed by atoms with Crippen LogP contribution >= 0.6 is 0 Å². The average molecular weight is 337 g/mol. The Morgan fingerprint density at radius 2 is 1.83 bits per heavy atom. The van der Waals surface area contributed by atoms with Crippen LogP contribution in [-0.4, -0.2) is 28.3 Å². The Balaban J connectivity index is 2.37. The van der Waals surface area contributed by atoms with E-state index < -0.39 is 14.9 Å². The van der Waals surface area contributed by atoms with Crippen molar-refractivity contribution in [2.24, 2.45) is 7.05 Å². The molecular formula is C15H19N3O4S. The Labute approximate surface area is 135 Å². The molecule has 0 saturated carbocycles. The van der Waals surface area contributed by atoms with Gasteiger partial charge in [0.2, 0.25) is 10.0 Å². The molecule has 2 rings (SSSR count). The highest BCUT2D eigenvalue weighted by atomic mass is 32.2. The van der Waals surface area contributed by atoms with Gasteiger partial charge in [0.1, 0.15) is 0 Å². The van der Waals surface area contributed by atoms with Crippen LogP contribution in [0.2, 0.25) is 0 Å². The van der Waals surface area contributed by atoms with Crippen molar-refractivity contribution in [2.75, 3.05) is 0 Å². The van der Waals surface area contributed by atoms with E-state index in [1.54, 1.807) is 13.8 Å². The highest BCUT2D eigenvalue weighted by molar-refractivity contribution is 7.89. The molecule has 0 aliphatic heterocycles. The molecule has 1 aromatic heterocycles. The molecule has 0 radical (unpaired) electrons. The normalized spacial score (nSPS) is 12.0. The number of aromatic nitrogens is 1. The number of aryl methyl sites for hydroxylation is 1. The molecule has 0 spiro atoms. The molecule has 2 aromatic rings. The van der Waals surface area contributed by atoms with Crippen LogP contribution in [0, 0.1) is 10.1 Å². The molecule has 0 N–H and O–H groups in total. The maximum atomic E-state index is 12.8. The topological polar surface area (TPSA) is 85.5 Å². The van der Waals surface area contributed by atoms with Gasteiger partial charge in [0.05, 0.1) is 16.4 Å². The van der Waals surface area contributed by atoms with E-state index in [9.17, 15) is 18.5 Å². The summed E-state index contributed by atoms with van der Waals surface area (Å²) < 4.78 is 28.9. The van der Waals surface area contributed by atoms with Gasteiger partial charge in [0.15, 0.2) is 0 Å². The second-order valence-corrected chi connectivity index (χ2v) is 7.40. The number of hydrogen-bond donors (Lipinski definition) is 0. The second kappa shape index (κ2) is 6.51. The van der Waals surface area contributed by atoms with Gasteiger partial charge in [-0.25, -0.2) is 8.42 Å². The van der Waals surface area contributed by atoms with Crippen molar-refractivity contribution in [2.45, 2.75) is 31.3 Å². The third-order valence-electron chi connectivity index (χ3n) is 3.60. The minimum Gasteiger partial charge on any atom is -0.353 e. The molecule has 0 amide bonds. The number of benzene rings is 1. The van der Waals surface area contributed by atoms with Crippen molar-refractivity contribution in [1.82, 2.24) is 8.87 Å². The molecule has 7 nitrogen and oxygen atoms in total. The van der Waals surface area contributed by atoms with Crippen LogP contribution in [0.15, 0.2) is 47.5 Å². The standard InChI is InChI=1S/C15H19N3O4S/c1-12(2)17(11-14-5-4-10-16(14)3)23(21,22)15-8-6-13(7-9-15)18(19)20/h4-10,12H,11H2,1-3H3. The number of sulfonamides is 1. The highest BCUT2D eigenvalue weighted by Crippen LogP contribution is 2.23. The first-order valence-corrected chi connectivity index (χ1v) is 8.54. The van der Waals surface area contributed by atoms with Crippen LogP contribution in [-0.2, 0) is 23.6 Å². The molecule has 0 saturated heterocycles. The van der Waals surface area contributed by atoms with E-state index in [4.69, 9.17) is 0 Å². The maximum absolute atomic E-state index is 12.8. The Bertz CT molecular complexity index is 794. The minimum atomic E-state index is -3.74. The van der Waals surface area contributed by atoms with E-state index in [0.29, 0.717) is 0 Å². The van der Waals surface area contributed by atoms with Gasteiger partial charge < -0.3 is 4.57 Å². The fourth-order valence-electron chi connectivity index (χ4n) is 2.24. The lowest BCUT2D eigenvalue weighted by Crippen LogP contribution is -2.36. The highest BCUT2D eigenvalue weighted by Gasteiger charge is 2.28. The summed E-state index contributed by atoms with van der Waals surface area (Å²) in [6.07, 6.45) is 1.85. The lowest BCUT2D eigenvalue weighted by atomic mass is 10.3. The Hall–Kier alpha value is -2.19. The number of rotatable bonds is 6. The van der Waals surface area contributed by atoms with Crippen LogP contribution in [0.25, 0.3) is 0 Å². The zero-order valence-electron chi connectivity index (χ0n) is 13.2. The van der Waals surface area contributed by atoms with Crippen molar-refractivity contribution in [1.29, 1.82) is 0 Å². The Morgan fingerprint density at radius 3 is 2.26 bits per heavy atom. The predicted octanol–water partition coefficient (Wildman–Crippen LogP) is 2.53. The zero-order chi connectivity index (χ0) is 17.2. The van der Waals surface area contributed by atoms with Crippen molar-refractivity contribution >= 4 is 15.7 Å². The van der Waals surface area contributed by atoms with Gasteiger partial charge in [-0.3, -0.25) is 10.1 Å². The largest absolute Gasteiger partial charge is 0.353 e. The van der Waals surface area contributed by atoms with Crippen molar-refractivity contribution < 1.29 is 13.3 Å². The molecule has 0 aliphatic carbocycles. The van der Waals surface area contributed by atoms with Gasteiger partial charge in [-0.2, -0.15) is 4.31 Å². The van der Waals surface area contributed by atoms with E-state index in [-0.39, 0.29) is 23.2 Å². The van der Waals surface area contributed by atoms with Crippen LogP contribution in [0.5, 0.6) is 0 Å². The second-order valence-electron chi connectivity index (χ2n) is 5.51. The molecule has 0 bridgehead atoms. The van der Waals surface area contributed by atoms with Crippen LogP contribution in [0.3, 0.4) is 0 Å².